The van der Waals surface area contributed by atoms with Crippen molar-refractivity contribution in [1.29, 1.82) is 5.26 Å². The molecule has 0 aromatic carbocycles. The number of aromatic nitrogens is 1. The van der Waals surface area contributed by atoms with E-state index in [2.05, 4.69) is 4.98 Å². The minimum Gasteiger partial charge on any atom is -0.396 e. The van der Waals surface area contributed by atoms with Crippen LogP contribution in [-0.2, 0) is 0 Å². The van der Waals surface area contributed by atoms with Gasteiger partial charge in [-0.05, 0) is 0 Å². The second kappa shape index (κ2) is 3.31. The second-order valence-corrected chi connectivity index (χ2v) is 2.21. The molecule has 13 heavy (non-hydrogen) atoms. The number of nitrogen functional groups attached to an aromatic ring is 1. The Morgan fingerprint density at radius 1 is 1.54 bits per heavy atom. The summed E-state index contributed by atoms with van der Waals surface area (Å²) in [4.78, 5) is 3.05. The van der Waals surface area contributed by atoms with Gasteiger partial charge in [0.1, 0.15) is 6.07 Å². The maximum atomic E-state index is 12.5. The molecule has 1 aromatic rings. The summed E-state index contributed by atoms with van der Waals surface area (Å²) in [6.45, 7) is 0. The van der Waals surface area contributed by atoms with Gasteiger partial charge in [-0.2, -0.15) is 9.65 Å². The molecule has 0 fully saturated rings. The molecule has 0 bridgehead atoms. The molecule has 0 radical (unpaired) electrons. The second-order valence-electron chi connectivity index (χ2n) is 2.21. The maximum absolute atomic E-state index is 12.5. The van der Waals surface area contributed by atoms with E-state index >= 15 is 0 Å². The van der Waals surface area contributed by atoms with E-state index in [4.69, 9.17) is 11.0 Å². The molecule has 1 rings (SSSR count). The van der Waals surface area contributed by atoms with Crippen LogP contribution in [0.3, 0.4) is 0 Å². The van der Waals surface area contributed by atoms with Crippen LogP contribution >= 0.6 is 0 Å². The standard InChI is InChI=1S/C7H4F3N3/c8-5-1-3(7(9)10)6(12)4(2-11)13-5/h1,7H,12H2. The van der Waals surface area contributed by atoms with Crippen LogP contribution < -0.4 is 5.73 Å². The zero-order valence-corrected chi connectivity index (χ0v) is 6.26. The Kier molecular flexibility index (Phi) is 2.37. The van der Waals surface area contributed by atoms with Crippen molar-refractivity contribution >= 4 is 5.69 Å². The van der Waals surface area contributed by atoms with E-state index in [-0.39, 0.29) is 0 Å². The molecule has 0 spiro atoms. The number of rotatable bonds is 1. The molecular weight excluding hydrogens is 183 g/mol. The summed E-state index contributed by atoms with van der Waals surface area (Å²) in [5, 5.41) is 8.35. The predicted molar refractivity (Wildman–Crippen MR) is 38.3 cm³/mol. The molecule has 0 saturated heterocycles. The Hall–Kier alpha value is -1.77. The van der Waals surface area contributed by atoms with Crippen molar-refractivity contribution in [3.63, 3.8) is 0 Å². The van der Waals surface area contributed by atoms with Gasteiger partial charge >= 0.3 is 0 Å². The van der Waals surface area contributed by atoms with Gasteiger partial charge in [0.25, 0.3) is 6.43 Å². The lowest BCUT2D eigenvalue weighted by molar-refractivity contribution is 0.151. The van der Waals surface area contributed by atoms with Crippen molar-refractivity contribution in [1.82, 2.24) is 4.98 Å². The van der Waals surface area contributed by atoms with Crippen LogP contribution in [0.1, 0.15) is 17.7 Å². The highest BCUT2D eigenvalue weighted by atomic mass is 19.3. The van der Waals surface area contributed by atoms with Crippen LogP contribution in [0.15, 0.2) is 6.07 Å². The zero-order chi connectivity index (χ0) is 10.0. The van der Waals surface area contributed by atoms with Crippen LogP contribution in [0.2, 0.25) is 0 Å². The predicted octanol–water partition coefficient (Wildman–Crippen LogP) is 1.61. The third-order valence-corrected chi connectivity index (χ3v) is 1.40. The highest BCUT2D eigenvalue weighted by Gasteiger charge is 2.16. The minimum atomic E-state index is -2.91. The first kappa shape index (κ1) is 9.32. The van der Waals surface area contributed by atoms with Crippen molar-refractivity contribution < 1.29 is 13.2 Å². The first-order valence-electron chi connectivity index (χ1n) is 3.20. The molecule has 6 heteroatoms. The van der Waals surface area contributed by atoms with Crippen molar-refractivity contribution in [3.05, 3.63) is 23.3 Å². The lowest BCUT2D eigenvalue weighted by atomic mass is 10.2. The molecule has 0 amide bonds. The third-order valence-electron chi connectivity index (χ3n) is 1.40. The number of alkyl halides is 2. The van der Waals surface area contributed by atoms with E-state index in [0.29, 0.717) is 6.07 Å². The molecule has 0 saturated carbocycles. The van der Waals surface area contributed by atoms with Crippen molar-refractivity contribution in [2.24, 2.45) is 0 Å². The minimum absolute atomic E-state index is 0.473. The summed E-state index contributed by atoms with van der Waals surface area (Å²) >= 11 is 0. The number of pyridine rings is 1. The average Bonchev–Trinajstić information content (AvgIpc) is 2.08. The van der Waals surface area contributed by atoms with Crippen LogP contribution in [0.5, 0.6) is 0 Å². The SMILES string of the molecule is N#Cc1nc(F)cc(C(F)F)c1N. The lowest BCUT2D eigenvalue weighted by Crippen LogP contribution is -2.02. The average molecular weight is 187 g/mol. The maximum Gasteiger partial charge on any atom is 0.266 e. The van der Waals surface area contributed by atoms with Gasteiger partial charge in [-0.1, -0.05) is 0 Å². The molecule has 1 aromatic heterocycles. The van der Waals surface area contributed by atoms with Crippen LogP contribution in [0.25, 0.3) is 0 Å². The first-order valence-corrected chi connectivity index (χ1v) is 3.20. The van der Waals surface area contributed by atoms with E-state index in [1.165, 1.54) is 6.07 Å². The van der Waals surface area contributed by atoms with Crippen molar-refractivity contribution in [3.8, 4) is 6.07 Å². The van der Waals surface area contributed by atoms with Gasteiger partial charge < -0.3 is 5.73 Å². The summed E-state index contributed by atoms with van der Waals surface area (Å²) in [7, 11) is 0. The van der Waals surface area contributed by atoms with Gasteiger partial charge in [0, 0.05) is 11.6 Å². The van der Waals surface area contributed by atoms with Gasteiger partial charge in [0.15, 0.2) is 5.69 Å². The van der Waals surface area contributed by atoms with Crippen LogP contribution in [-0.4, -0.2) is 4.98 Å². The molecule has 3 nitrogen and oxygen atoms in total. The van der Waals surface area contributed by atoms with Crippen molar-refractivity contribution in [2.45, 2.75) is 6.43 Å². The molecule has 0 aliphatic rings. The van der Waals surface area contributed by atoms with Gasteiger partial charge in [0.05, 0.1) is 5.69 Å². The fourth-order valence-corrected chi connectivity index (χ4v) is 0.808. The summed E-state index contributed by atoms with van der Waals surface area (Å²) in [5.41, 5.74) is 3.44. The molecule has 0 unspecified atom stereocenters. The molecule has 1 heterocycles. The number of nitrogens with zero attached hydrogens (tertiary/aromatic N) is 2. The number of hydrogen-bond acceptors (Lipinski definition) is 3. The van der Waals surface area contributed by atoms with Crippen LogP contribution in [0, 0.1) is 17.3 Å². The van der Waals surface area contributed by atoms with Gasteiger partial charge in [-0.3, -0.25) is 0 Å². The van der Waals surface area contributed by atoms with E-state index in [0.717, 1.165) is 0 Å². The summed E-state index contributed by atoms with van der Waals surface area (Å²) in [6, 6.07) is 1.94. The summed E-state index contributed by atoms with van der Waals surface area (Å²) in [5.74, 6) is -1.14. The Balaban J connectivity index is 3.38. The van der Waals surface area contributed by atoms with E-state index in [1.807, 2.05) is 0 Å². The molecule has 0 aliphatic heterocycles. The molecular formula is C7H4F3N3. The van der Waals surface area contributed by atoms with E-state index < -0.39 is 29.3 Å². The normalized spacial score (nSPS) is 10.1. The Bertz CT molecular complexity index is 370. The summed E-state index contributed by atoms with van der Waals surface area (Å²) < 4.78 is 36.8. The highest BCUT2D eigenvalue weighted by molar-refractivity contribution is 5.56. The molecule has 68 valence electrons. The fourth-order valence-electron chi connectivity index (χ4n) is 0.808. The number of nitriles is 1. The smallest absolute Gasteiger partial charge is 0.266 e. The zero-order valence-electron chi connectivity index (χ0n) is 6.26. The molecule has 0 aliphatic carbocycles. The quantitative estimate of drug-likeness (QED) is 0.679. The molecule has 0 atom stereocenters. The van der Waals surface area contributed by atoms with Gasteiger partial charge in [-0.15, -0.1) is 0 Å². The lowest BCUT2D eigenvalue weighted by Gasteiger charge is -2.04. The Morgan fingerprint density at radius 3 is 2.62 bits per heavy atom. The third kappa shape index (κ3) is 1.69. The first-order chi connectivity index (χ1) is 6.06. The highest BCUT2D eigenvalue weighted by Crippen LogP contribution is 2.26. The monoisotopic (exact) mass is 187 g/mol. The summed E-state index contributed by atoms with van der Waals surface area (Å²) in [6.07, 6.45) is -2.91. The van der Waals surface area contributed by atoms with Gasteiger partial charge in [-0.25, -0.2) is 13.8 Å². The van der Waals surface area contributed by atoms with E-state index in [9.17, 15) is 13.2 Å². The Morgan fingerprint density at radius 2 is 2.15 bits per heavy atom. The number of halogens is 3. The van der Waals surface area contributed by atoms with Crippen LogP contribution in [0.4, 0.5) is 18.9 Å². The fraction of sp³-hybridized carbons (Fsp3) is 0.143. The number of hydrogen-bond donors (Lipinski definition) is 1. The molecule has 2 N–H and O–H groups in total. The Labute approximate surface area is 71.6 Å². The van der Waals surface area contributed by atoms with Gasteiger partial charge in [0.2, 0.25) is 5.95 Å². The van der Waals surface area contributed by atoms with Crippen molar-refractivity contribution in [2.75, 3.05) is 5.73 Å². The number of nitrogens with two attached hydrogens (primary N) is 1. The van der Waals surface area contributed by atoms with E-state index in [1.54, 1.807) is 0 Å². The topological polar surface area (TPSA) is 62.7 Å². The largest absolute Gasteiger partial charge is 0.396 e. The number of anilines is 1.